The number of amides is 1. The number of carboxylic acids is 1. The number of carbonyl (C=O) groups excluding carboxylic acids is 1. The third-order valence-electron chi connectivity index (χ3n) is 3.44. The van der Waals surface area contributed by atoms with Gasteiger partial charge in [-0.25, -0.2) is 8.42 Å². The van der Waals surface area contributed by atoms with Crippen LogP contribution in [0.4, 0.5) is 0 Å². The van der Waals surface area contributed by atoms with Crippen molar-refractivity contribution in [3.8, 4) is 0 Å². The zero-order valence-electron chi connectivity index (χ0n) is 12.6. The number of hydrogen-bond acceptors (Lipinski definition) is 5. The van der Waals surface area contributed by atoms with Gasteiger partial charge in [0.15, 0.2) is 0 Å². The summed E-state index contributed by atoms with van der Waals surface area (Å²) in [4.78, 5) is 22.9. The molecule has 0 unspecified atom stereocenters. The van der Waals surface area contributed by atoms with Crippen LogP contribution < -0.4 is 5.32 Å². The summed E-state index contributed by atoms with van der Waals surface area (Å²) in [6.45, 7) is 2.32. The fourth-order valence-corrected chi connectivity index (χ4v) is 3.74. The van der Waals surface area contributed by atoms with Gasteiger partial charge >= 0.3 is 5.97 Å². The molecule has 1 aromatic carbocycles. The number of nitrogens with zero attached hydrogens (tertiary/aromatic N) is 1. The Bertz CT molecular complexity index is 697. The highest BCUT2D eigenvalue weighted by Crippen LogP contribution is 2.21. The van der Waals surface area contributed by atoms with Gasteiger partial charge in [0, 0.05) is 13.1 Å². The van der Waals surface area contributed by atoms with Gasteiger partial charge in [0.2, 0.25) is 10.0 Å². The number of hydrogen-bond donors (Lipinski definition) is 2. The molecular formula is C14H18N2O6S. The summed E-state index contributed by atoms with van der Waals surface area (Å²) in [5.41, 5.74) is -0.0768. The molecule has 1 fully saturated rings. The van der Waals surface area contributed by atoms with Gasteiger partial charge in [0.25, 0.3) is 5.91 Å². The summed E-state index contributed by atoms with van der Waals surface area (Å²) >= 11 is 0. The molecule has 126 valence electrons. The number of rotatable bonds is 5. The Morgan fingerprint density at radius 1 is 1.26 bits per heavy atom. The van der Waals surface area contributed by atoms with Gasteiger partial charge < -0.3 is 15.2 Å². The maximum absolute atomic E-state index is 12.7. The van der Waals surface area contributed by atoms with E-state index in [1.54, 1.807) is 0 Å². The first-order valence-corrected chi connectivity index (χ1v) is 8.48. The normalized spacial score (nSPS) is 17.4. The molecule has 0 aliphatic carbocycles. The highest BCUT2D eigenvalue weighted by Gasteiger charge is 2.30. The molecular weight excluding hydrogens is 324 g/mol. The van der Waals surface area contributed by atoms with E-state index in [4.69, 9.17) is 9.84 Å². The summed E-state index contributed by atoms with van der Waals surface area (Å²) in [6, 6.07) is 4.62. The summed E-state index contributed by atoms with van der Waals surface area (Å²) in [6.07, 6.45) is 0. The monoisotopic (exact) mass is 342 g/mol. The average molecular weight is 342 g/mol. The molecule has 0 spiro atoms. The van der Waals surface area contributed by atoms with Gasteiger partial charge in [-0.15, -0.1) is 0 Å². The highest BCUT2D eigenvalue weighted by atomic mass is 32.2. The Morgan fingerprint density at radius 3 is 2.48 bits per heavy atom. The van der Waals surface area contributed by atoms with Crippen LogP contribution in [-0.4, -0.2) is 62.1 Å². The number of ether oxygens (including phenoxy) is 1. The van der Waals surface area contributed by atoms with Crippen LogP contribution in [-0.2, 0) is 19.6 Å². The Hall–Kier alpha value is -1.97. The first kappa shape index (κ1) is 17.4. The molecule has 0 radical (unpaired) electrons. The summed E-state index contributed by atoms with van der Waals surface area (Å²) in [5.74, 6) is -1.95. The van der Waals surface area contributed by atoms with E-state index in [9.17, 15) is 18.0 Å². The molecule has 0 aromatic heterocycles. The first-order valence-electron chi connectivity index (χ1n) is 7.04. The highest BCUT2D eigenvalue weighted by molar-refractivity contribution is 7.89. The van der Waals surface area contributed by atoms with Gasteiger partial charge in [-0.1, -0.05) is 12.1 Å². The largest absolute Gasteiger partial charge is 0.480 e. The number of nitrogens with one attached hydrogen (secondary N) is 1. The quantitative estimate of drug-likeness (QED) is 0.773. The van der Waals surface area contributed by atoms with Crippen LogP contribution in [0.15, 0.2) is 29.2 Å². The number of carbonyl (C=O) groups is 2. The third-order valence-corrected chi connectivity index (χ3v) is 5.39. The van der Waals surface area contributed by atoms with Gasteiger partial charge in [-0.3, -0.25) is 9.59 Å². The van der Waals surface area contributed by atoms with Crippen molar-refractivity contribution in [2.45, 2.75) is 17.9 Å². The minimum atomic E-state index is -3.85. The van der Waals surface area contributed by atoms with Crippen LogP contribution in [0.25, 0.3) is 0 Å². The third kappa shape index (κ3) is 3.87. The van der Waals surface area contributed by atoms with Crippen LogP contribution in [0, 0.1) is 0 Å². The molecule has 9 heteroatoms. The van der Waals surface area contributed by atoms with Crippen LogP contribution in [0.1, 0.15) is 17.3 Å². The number of carboxylic acid groups (broad SMARTS) is 1. The predicted octanol–water partition coefficient (Wildman–Crippen LogP) is -0.0896. The second-order valence-corrected chi connectivity index (χ2v) is 6.95. The topological polar surface area (TPSA) is 113 Å². The minimum absolute atomic E-state index is 0.0768. The zero-order valence-corrected chi connectivity index (χ0v) is 13.4. The Balaban J connectivity index is 2.33. The summed E-state index contributed by atoms with van der Waals surface area (Å²) in [5, 5.41) is 11.1. The Kier molecular flexibility index (Phi) is 5.34. The lowest BCUT2D eigenvalue weighted by Gasteiger charge is -2.26. The van der Waals surface area contributed by atoms with Crippen molar-refractivity contribution in [1.82, 2.24) is 9.62 Å². The molecule has 1 atom stereocenters. The standard InChI is InChI=1S/C14H18N2O6S/c1-10(14(18)19)15-13(17)11-4-2-3-5-12(11)23(20,21)16-6-8-22-9-7-16/h2-5,10H,6-9H2,1H3,(H,15,17)(H,18,19)/t10-/m1/s1. The van der Waals surface area contributed by atoms with E-state index in [1.807, 2.05) is 0 Å². The summed E-state index contributed by atoms with van der Waals surface area (Å²) in [7, 11) is -3.85. The number of aliphatic carboxylic acids is 1. The smallest absolute Gasteiger partial charge is 0.325 e. The fraction of sp³-hybridized carbons (Fsp3) is 0.429. The zero-order chi connectivity index (χ0) is 17.0. The van der Waals surface area contributed by atoms with E-state index < -0.39 is 27.9 Å². The maximum atomic E-state index is 12.7. The second-order valence-electron chi connectivity index (χ2n) is 5.05. The van der Waals surface area contributed by atoms with Crippen molar-refractivity contribution in [1.29, 1.82) is 0 Å². The average Bonchev–Trinajstić information content (AvgIpc) is 2.55. The summed E-state index contributed by atoms with van der Waals surface area (Å²) < 4.78 is 31.8. The Labute approximate surface area is 134 Å². The first-order chi connectivity index (χ1) is 10.8. The predicted molar refractivity (Wildman–Crippen MR) is 80.6 cm³/mol. The van der Waals surface area contributed by atoms with Gasteiger partial charge in [-0.05, 0) is 19.1 Å². The van der Waals surface area contributed by atoms with Crippen LogP contribution in [0.5, 0.6) is 0 Å². The van der Waals surface area contributed by atoms with Crippen LogP contribution >= 0.6 is 0 Å². The molecule has 1 aliphatic heterocycles. The van der Waals surface area contributed by atoms with Crippen molar-refractivity contribution >= 4 is 21.9 Å². The van der Waals surface area contributed by atoms with Gasteiger partial charge in [0.05, 0.1) is 23.7 Å². The molecule has 2 N–H and O–H groups in total. The van der Waals surface area contributed by atoms with E-state index in [2.05, 4.69) is 5.32 Å². The van der Waals surface area contributed by atoms with E-state index in [0.717, 1.165) is 0 Å². The molecule has 2 rings (SSSR count). The van der Waals surface area contributed by atoms with Crippen LogP contribution in [0.3, 0.4) is 0 Å². The van der Waals surface area contributed by atoms with Gasteiger partial charge in [0.1, 0.15) is 6.04 Å². The molecule has 1 saturated heterocycles. The molecule has 1 amide bonds. The molecule has 1 aliphatic rings. The van der Waals surface area contributed by atoms with Gasteiger partial charge in [-0.2, -0.15) is 4.31 Å². The van der Waals surface area contributed by atoms with Crippen LogP contribution in [0.2, 0.25) is 0 Å². The maximum Gasteiger partial charge on any atom is 0.325 e. The molecule has 1 heterocycles. The lowest BCUT2D eigenvalue weighted by atomic mass is 10.2. The molecule has 23 heavy (non-hydrogen) atoms. The van der Waals surface area contributed by atoms with E-state index in [-0.39, 0.29) is 23.5 Å². The SMILES string of the molecule is C[C@@H](NC(=O)c1ccccc1S(=O)(=O)N1CCOCC1)C(=O)O. The second kappa shape index (κ2) is 7.07. The Morgan fingerprint density at radius 2 is 1.87 bits per heavy atom. The number of sulfonamides is 1. The van der Waals surface area contributed by atoms with Crippen molar-refractivity contribution in [3.63, 3.8) is 0 Å². The molecule has 8 nitrogen and oxygen atoms in total. The lowest BCUT2D eigenvalue weighted by Crippen LogP contribution is -2.42. The van der Waals surface area contributed by atoms with Crippen molar-refractivity contribution in [2.75, 3.05) is 26.3 Å². The fourth-order valence-electron chi connectivity index (χ4n) is 2.14. The number of benzene rings is 1. The minimum Gasteiger partial charge on any atom is -0.480 e. The number of morpholine rings is 1. The van der Waals surface area contributed by atoms with E-state index in [1.165, 1.54) is 35.5 Å². The lowest BCUT2D eigenvalue weighted by molar-refractivity contribution is -0.138. The van der Waals surface area contributed by atoms with Crippen molar-refractivity contribution in [2.24, 2.45) is 0 Å². The molecule has 0 bridgehead atoms. The molecule has 0 saturated carbocycles. The van der Waals surface area contributed by atoms with E-state index >= 15 is 0 Å². The van der Waals surface area contributed by atoms with E-state index in [0.29, 0.717) is 13.2 Å². The molecule has 1 aromatic rings. The van der Waals surface area contributed by atoms with Crippen molar-refractivity contribution in [3.05, 3.63) is 29.8 Å². The van der Waals surface area contributed by atoms with Crippen molar-refractivity contribution < 1.29 is 27.9 Å².